The zero-order valence-electron chi connectivity index (χ0n) is 12.9. The summed E-state index contributed by atoms with van der Waals surface area (Å²) < 4.78 is 0. The maximum absolute atomic E-state index is 9.12. The molecule has 0 spiro atoms. The van der Waals surface area contributed by atoms with Gasteiger partial charge < -0.3 is 10.4 Å². The topological polar surface area (TPSA) is 32.3 Å². The molecule has 2 nitrogen and oxygen atoms in total. The second-order valence-electron chi connectivity index (χ2n) is 5.38. The van der Waals surface area contributed by atoms with Crippen LogP contribution in [0.2, 0.25) is 0 Å². The van der Waals surface area contributed by atoms with E-state index in [2.05, 4.69) is 55.6 Å². The molecule has 1 heterocycles. The van der Waals surface area contributed by atoms with Crippen LogP contribution in [0, 0.1) is 0 Å². The van der Waals surface area contributed by atoms with E-state index in [1.54, 1.807) is 0 Å². The quantitative estimate of drug-likeness (QED) is 0.754. The van der Waals surface area contributed by atoms with Crippen LogP contribution < -0.4 is 5.32 Å². The van der Waals surface area contributed by atoms with Gasteiger partial charge in [0.25, 0.3) is 0 Å². The number of hydrogen-bond acceptors (Lipinski definition) is 3. The van der Waals surface area contributed by atoms with E-state index in [0.717, 1.165) is 19.3 Å². The summed E-state index contributed by atoms with van der Waals surface area (Å²) in [5.41, 5.74) is 1.30. The highest BCUT2D eigenvalue weighted by Gasteiger charge is 2.16. The van der Waals surface area contributed by atoms with Crippen molar-refractivity contribution in [3.05, 3.63) is 57.8 Å². The molecule has 0 radical (unpaired) electrons. The van der Waals surface area contributed by atoms with Gasteiger partial charge in [-0.2, -0.15) is 0 Å². The molecule has 0 fully saturated rings. The Labute approximate surface area is 131 Å². The Kier molecular flexibility index (Phi) is 6.43. The fourth-order valence-corrected chi connectivity index (χ4v) is 3.49. The molecule has 0 aliphatic carbocycles. The number of thiophene rings is 1. The van der Waals surface area contributed by atoms with Gasteiger partial charge in [0.2, 0.25) is 0 Å². The number of aliphatic hydroxyl groups excluding tert-OH is 1. The SMILES string of the molecule is CCc1ccc(C(C)NC(CCCO)c2ccccc2)s1. The summed E-state index contributed by atoms with van der Waals surface area (Å²) in [6, 6.07) is 15.6. The minimum Gasteiger partial charge on any atom is -0.396 e. The van der Waals surface area contributed by atoms with E-state index in [0.29, 0.717) is 12.1 Å². The van der Waals surface area contributed by atoms with Gasteiger partial charge in [-0.25, -0.2) is 0 Å². The number of aryl methyl sites for hydroxylation is 1. The molecule has 0 aliphatic rings. The van der Waals surface area contributed by atoms with Crippen LogP contribution in [0.15, 0.2) is 42.5 Å². The van der Waals surface area contributed by atoms with Crippen molar-refractivity contribution in [2.45, 2.75) is 45.2 Å². The van der Waals surface area contributed by atoms with Gasteiger partial charge in [0.05, 0.1) is 0 Å². The summed E-state index contributed by atoms with van der Waals surface area (Å²) in [6.45, 7) is 4.67. The van der Waals surface area contributed by atoms with Crippen molar-refractivity contribution in [3.63, 3.8) is 0 Å². The monoisotopic (exact) mass is 303 g/mol. The largest absolute Gasteiger partial charge is 0.396 e. The van der Waals surface area contributed by atoms with Gasteiger partial charge in [0.1, 0.15) is 0 Å². The maximum atomic E-state index is 9.12. The zero-order chi connectivity index (χ0) is 15.1. The molecule has 0 saturated heterocycles. The van der Waals surface area contributed by atoms with Crippen molar-refractivity contribution in [1.82, 2.24) is 5.32 Å². The highest BCUT2D eigenvalue weighted by atomic mass is 32.1. The van der Waals surface area contributed by atoms with Gasteiger partial charge in [-0.05, 0) is 43.9 Å². The fraction of sp³-hybridized carbons (Fsp3) is 0.444. The van der Waals surface area contributed by atoms with Gasteiger partial charge >= 0.3 is 0 Å². The van der Waals surface area contributed by atoms with E-state index in [1.807, 2.05) is 17.4 Å². The van der Waals surface area contributed by atoms with Crippen LogP contribution in [0.4, 0.5) is 0 Å². The highest BCUT2D eigenvalue weighted by molar-refractivity contribution is 7.12. The van der Waals surface area contributed by atoms with E-state index in [1.165, 1.54) is 15.3 Å². The Hall–Kier alpha value is -1.16. The summed E-state index contributed by atoms with van der Waals surface area (Å²) in [7, 11) is 0. The van der Waals surface area contributed by atoms with Crippen molar-refractivity contribution >= 4 is 11.3 Å². The second kappa shape index (κ2) is 8.32. The average Bonchev–Trinajstić information content (AvgIpc) is 3.01. The Morgan fingerprint density at radius 2 is 1.90 bits per heavy atom. The molecule has 2 atom stereocenters. The lowest BCUT2D eigenvalue weighted by Crippen LogP contribution is -2.24. The summed E-state index contributed by atoms with van der Waals surface area (Å²) in [6.07, 6.45) is 2.88. The van der Waals surface area contributed by atoms with Gasteiger partial charge in [0, 0.05) is 28.4 Å². The first-order valence-electron chi connectivity index (χ1n) is 7.75. The van der Waals surface area contributed by atoms with Crippen LogP contribution in [-0.2, 0) is 6.42 Å². The molecular formula is C18H25NOS. The predicted octanol–water partition coefficient (Wildman–Crippen LogP) is 4.47. The second-order valence-corrected chi connectivity index (χ2v) is 6.57. The lowest BCUT2D eigenvalue weighted by atomic mass is 10.0. The molecule has 21 heavy (non-hydrogen) atoms. The fourth-order valence-electron chi connectivity index (χ4n) is 2.53. The van der Waals surface area contributed by atoms with Gasteiger partial charge in [-0.1, -0.05) is 37.3 Å². The summed E-state index contributed by atoms with van der Waals surface area (Å²) in [5, 5.41) is 12.8. The molecule has 0 bridgehead atoms. The minimum absolute atomic E-state index is 0.248. The number of benzene rings is 1. The van der Waals surface area contributed by atoms with E-state index in [4.69, 9.17) is 5.11 Å². The molecule has 2 unspecified atom stereocenters. The Morgan fingerprint density at radius 3 is 2.52 bits per heavy atom. The molecule has 1 aromatic heterocycles. The molecule has 114 valence electrons. The smallest absolute Gasteiger partial charge is 0.0431 e. The van der Waals surface area contributed by atoms with Crippen molar-refractivity contribution in [2.24, 2.45) is 0 Å². The molecule has 0 amide bonds. The molecule has 0 aliphatic heterocycles. The van der Waals surface area contributed by atoms with Crippen molar-refractivity contribution in [2.75, 3.05) is 6.61 Å². The molecule has 1 aromatic carbocycles. The molecule has 2 aromatic rings. The predicted molar refractivity (Wildman–Crippen MR) is 90.8 cm³/mol. The number of nitrogens with one attached hydrogen (secondary N) is 1. The van der Waals surface area contributed by atoms with Crippen LogP contribution in [-0.4, -0.2) is 11.7 Å². The number of hydrogen-bond donors (Lipinski definition) is 2. The Balaban J connectivity index is 2.07. The molecule has 2 rings (SSSR count). The summed E-state index contributed by atoms with van der Waals surface area (Å²) in [5.74, 6) is 0. The van der Waals surface area contributed by atoms with Crippen LogP contribution in [0.3, 0.4) is 0 Å². The zero-order valence-corrected chi connectivity index (χ0v) is 13.7. The Morgan fingerprint density at radius 1 is 1.14 bits per heavy atom. The summed E-state index contributed by atoms with van der Waals surface area (Å²) in [4.78, 5) is 2.82. The molecular weight excluding hydrogens is 278 g/mol. The minimum atomic E-state index is 0.248. The van der Waals surface area contributed by atoms with E-state index in [9.17, 15) is 0 Å². The van der Waals surface area contributed by atoms with Crippen LogP contribution in [0.25, 0.3) is 0 Å². The third-order valence-electron chi connectivity index (χ3n) is 3.76. The number of aliphatic hydroxyl groups is 1. The molecule has 2 N–H and O–H groups in total. The van der Waals surface area contributed by atoms with Crippen molar-refractivity contribution < 1.29 is 5.11 Å². The van der Waals surface area contributed by atoms with Gasteiger partial charge in [0.15, 0.2) is 0 Å². The standard InChI is InChI=1S/C18H25NOS/c1-3-16-11-12-18(21-16)14(2)19-17(10-7-13-20)15-8-5-4-6-9-15/h4-6,8-9,11-12,14,17,19-20H,3,7,10,13H2,1-2H3. The van der Waals surface area contributed by atoms with Gasteiger partial charge in [-0.15, -0.1) is 11.3 Å². The van der Waals surface area contributed by atoms with Crippen LogP contribution in [0.5, 0.6) is 0 Å². The lowest BCUT2D eigenvalue weighted by molar-refractivity contribution is 0.272. The maximum Gasteiger partial charge on any atom is 0.0431 e. The van der Waals surface area contributed by atoms with E-state index >= 15 is 0 Å². The lowest BCUT2D eigenvalue weighted by Gasteiger charge is -2.23. The Bertz CT molecular complexity index is 523. The van der Waals surface area contributed by atoms with Crippen molar-refractivity contribution in [1.29, 1.82) is 0 Å². The van der Waals surface area contributed by atoms with Crippen molar-refractivity contribution in [3.8, 4) is 0 Å². The van der Waals surface area contributed by atoms with E-state index in [-0.39, 0.29) is 6.61 Å². The first-order chi connectivity index (χ1) is 10.2. The number of rotatable bonds is 8. The first-order valence-corrected chi connectivity index (χ1v) is 8.56. The molecule has 3 heteroatoms. The van der Waals surface area contributed by atoms with Crippen LogP contribution >= 0.6 is 11.3 Å². The normalized spacial score (nSPS) is 14.0. The van der Waals surface area contributed by atoms with E-state index < -0.39 is 0 Å². The third-order valence-corrected chi connectivity index (χ3v) is 5.17. The summed E-state index contributed by atoms with van der Waals surface area (Å²) >= 11 is 1.89. The third kappa shape index (κ3) is 4.67. The van der Waals surface area contributed by atoms with Crippen LogP contribution in [0.1, 0.15) is 54.1 Å². The average molecular weight is 303 g/mol. The highest BCUT2D eigenvalue weighted by Crippen LogP contribution is 2.27. The van der Waals surface area contributed by atoms with Gasteiger partial charge in [-0.3, -0.25) is 0 Å². The first kappa shape index (κ1) is 16.2. The molecule has 0 saturated carbocycles.